The van der Waals surface area contributed by atoms with Gasteiger partial charge >= 0.3 is 0 Å². The molecular weight excluding hydrogens is 420 g/mol. The summed E-state index contributed by atoms with van der Waals surface area (Å²) in [6, 6.07) is 7.73. The highest BCUT2D eigenvalue weighted by molar-refractivity contribution is 7.91. The molecule has 6 rings (SSSR count). The van der Waals surface area contributed by atoms with E-state index in [9.17, 15) is 8.42 Å². The summed E-state index contributed by atoms with van der Waals surface area (Å²) in [5, 5.41) is 6.03. The zero-order valence-electron chi connectivity index (χ0n) is 18.8. The molecule has 0 saturated heterocycles. The maximum Gasteiger partial charge on any atom is 0.176 e. The van der Waals surface area contributed by atoms with Crippen molar-refractivity contribution in [2.45, 2.75) is 57.3 Å². The zero-order valence-corrected chi connectivity index (χ0v) is 19.6. The van der Waals surface area contributed by atoms with Crippen LogP contribution in [0.1, 0.15) is 48.3 Å². The Balaban J connectivity index is 1.75. The van der Waals surface area contributed by atoms with Gasteiger partial charge in [0.15, 0.2) is 9.84 Å². The van der Waals surface area contributed by atoms with Crippen LogP contribution in [0.5, 0.6) is 0 Å². The van der Waals surface area contributed by atoms with Crippen LogP contribution < -0.4 is 0 Å². The van der Waals surface area contributed by atoms with Gasteiger partial charge in [-0.3, -0.25) is 0 Å². The minimum atomic E-state index is -3.37. The van der Waals surface area contributed by atoms with E-state index in [4.69, 9.17) is 4.52 Å². The second-order valence-electron chi connectivity index (χ2n) is 9.87. The molecule has 5 nitrogen and oxygen atoms in total. The van der Waals surface area contributed by atoms with Crippen molar-refractivity contribution >= 4 is 31.6 Å². The first-order valence-electron chi connectivity index (χ1n) is 11.5. The normalized spacial score (nSPS) is 17.0. The Hall–Kier alpha value is -2.60. The number of nitrogens with zero attached hydrogens (tertiary/aromatic N) is 1. The molecule has 6 heteroatoms. The number of sulfone groups is 1. The molecular formula is C26H28N2O3S. The van der Waals surface area contributed by atoms with Crippen LogP contribution in [0.15, 0.2) is 33.7 Å². The molecule has 2 aromatic heterocycles. The summed E-state index contributed by atoms with van der Waals surface area (Å²) in [4.78, 5) is 4.01. The number of hydrogen-bond donors (Lipinski definition) is 1. The Morgan fingerprint density at radius 3 is 2.34 bits per heavy atom. The van der Waals surface area contributed by atoms with Crippen LogP contribution in [-0.4, -0.2) is 24.8 Å². The molecule has 0 unspecified atom stereocenters. The van der Waals surface area contributed by atoms with E-state index in [1.165, 1.54) is 48.6 Å². The van der Waals surface area contributed by atoms with E-state index in [1.807, 2.05) is 26.0 Å². The average molecular weight is 449 g/mol. The van der Waals surface area contributed by atoms with Crippen LogP contribution in [0.25, 0.3) is 32.9 Å². The van der Waals surface area contributed by atoms with Gasteiger partial charge in [-0.25, -0.2) is 8.42 Å². The number of nitrogens with one attached hydrogen (secondary N) is 1. The summed E-state index contributed by atoms with van der Waals surface area (Å²) in [7, 11) is -3.37. The monoisotopic (exact) mass is 448 g/mol. The Kier molecular flexibility index (Phi) is 4.35. The van der Waals surface area contributed by atoms with E-state index in [1.54, 1.807) is 6.07 Å². The minimum Gasteiger partial charge on any atom is -0.361 e. The number of rotatable bonds is 6. The molecule has 2 heterocycles. The predicted molar refractivity (Wildman–Crippen MR) is 127 cm³/mol. The molecule has 0 radical (unpaired) electrons. The molecule has 0 spiro atoms. The Morgan fingerprint density at radius 2 is 1.75 bits per heavy atom. The van der Waals surface area contributed by atoms with Gasteiger partial charge in [0.05, 0.1) is 16.1 Å². The van der Waals surface area contributed by atoms with Crippen molar-refractivity contribution in [1.29, 1.82) is 0 Å². The fourth-order valence-corrected chi connectivity index (χ4v) is 6.16. The third-order valence-electron chi connectivity index (χ3n) is 7.19. The molecule has 4 aromatic rings. The number of benzene rings is 2. The topological polar surface area (TPSA) is 76.0 Å². The fraction of sp³-hybridized carbons (Fsp3) is 0.423. The van der Waals surface area contributed by atoms with Crippen molar-refractivity contribution in [3.63, 3.8) is 0 Å². The van der Waals surface area contributed by atoms with Crippen molar-refractivity contribution in [3.8, 4) is 11.1 Å². The molecule has 0 aliphatic heterocycles. The number of hydrogen-bond acceptors (Lipinski definition) is 4. The molecule has 166 valence electrons. The Morgan fingerprint density at radius 1 is 1.06 bits per heavy atom. The minimum absolute atomic E-state index is 0.387. The lowest BCUT2D eigenvalue weighted by atomic mass is 9.87. The molecule has 0 amide bonds. The molecule has 0 bridgehead atoms. The molecule has 2 saturated carbocycles. The smallest absolute Gasteiger partial charge is 0.176 e. The molecule has 1 N–H and O–H groups in total. The van der Waals surface area contributed by atoms with Crippen LogP contribution in [0.4, 0.5) is 0 Å². The van der Waals surface area contributed by atoms with Crippen LogP contribution in [0.3, 0.4) is 0 Å². The zero-order chi connectivity index (χ0) is 22.2. The third kappa shape index (κ3) is 3.27. The van der Waals surface area contributed by atoms with Gasteiger partial charge in [-0.05, 0) is 99.1 Å². The van der Waals surface area contributed by atoms with E-state index in [-0.39, 0.29) is 0 Å². The van der Waals surface area contributed by atoms with Crippen molar-refractivity contribution < 1.29 is 12.9 Å². The Bertz CT molecular complexity index is 1470. The summed E-state index contributed by atoms with van der Waals surface area (Å²) >= 11 is 0. The second kappa shape index (κ2) is 6.95. The van der Waals surface area contributed by atoms with Crippen LogP contribution in [-0.2, 0) is 22.7 Å². The second-order valence-corrected chi connectivity index (χ2v) is 11.9. The van der Waals surface area contributed by atoms with Crippen molar-refractivity contribution in [3.05, 3.63) is 46.8 Å². The lowest BCUT2D eigenvalue weighted by Gasteiger charge is -2.17. The summed E-state index contributed by atoms with van der Waals surface area (Å²) in [6.07, 6.45) is 8.51. The lowest BCUT2D eigenvalue weighted by Crippen LogP contribution is -2.03. The van der Waals surface area contributed by atoms with Gasteiger partial charge < -0.3 is 9.51 Å². The van der Waals surface area contributed by atoms with Crippen molar-refractivity contribution in [2.24, 2.45) is 11.8 Å². The van der Waals surface area contributed by atoms with Gasteiger partial charge in [-0.2, -0.15) is 0 Å². The summed E-state index contributed by atoms with van der Waals surface area (Å²) in [5.41, 5.74) is 7.87. The number of aromatic nitrogens is 2. The fourth-order valence-electron chi connectivity index (χ4n) is 5.25. The number of H-pyrrole nitrogens is 1. The largest absolute Gasteiger partial charge is 0.361 e. The van der Waals surface area contributed by atoms with E-state index in [0.29, 0.717) is 4.90 Å². The van der Waals surface area contributed by atoms with Gasteiger partial charge in [0.25, 0.3) is 0 Å². The van der Waals surface area contributed by atoms with Gasteiger partial charge in [-0.15, -0.1) is 0 Å². The SMILES string of the molecule is Cc1noc(C)c1-c1cc2c([nH]c3cccc(S(C)(=O)=O)c32)c(CC2CC2)c1CC1CC1. The van der Waals surface area contributed by atoms with E-state index in [0.717, 1.165) is 63.5 Å². The summed E-state index contributed by atoms with van der Waals surface area (Å²) in [5.74, 6) is 2.27. The summed E-state index contributed by atoms with van der Waals surface area (Å²) in [6.45, 7) is 3.97. The van der Waals surface area contributed by atoms with E-state index >= 15 is 0 Å². The third-order valence-corrected chi connectivity index (χ3v) is 8.33. The quantitative estimate of drug-likeness (QED) is 0.398. The number of aryl methyl sites for hydroxylation is 2. The summed E-state index contributed by atoms with van der Waals surface area (Å²) < 4.78 is 30.9. The van der Waals surface area contributed by atoms with Crippen molar-refractivity contribution in [1.82, 2.24) is 10.1 Å². The molecule has 2 aliphatic carbocycles. The standard InChI is InChI=1S/C26H28N2O3S/c1-14-24(15(2)31-28-14)19-13-21-25-22(5-4-6-23(25)32(3,29)30)27-26(21)20(12-17-9-10-17)18(19)11-16-7-8-16/h4-6,13,16-17,27H,7-12H2,1-3H3. The maximum atomic E-state index is 12.7. The highest BCUT2D eigenvalue weighted by Crippen LogP contribution is 2.46. The van der Waals surface area contributed by atoms with E-state index < -0.39 is 9.84 Å². The highest BCUT2D eigenvalue weighted by Gasteiger charge is 2.31. The molecule has 2 fully saturated rings. The van der Waals surface area contributed by atoms with Crippen molar-refractivity contribution in [2.75, 3.05) is 6.26 Å². The van der Waals surface area contributed by atoms with E-state index in [2.05, 4.69) is 16.2 Å². The first-order chi connectivity index (χ1) is 15.3. The average Bonchev–Trinajstić information content (AvgIpc) is 3.66. The first kappa shape index (κ1) is 20.0. The number of fused-ring (bicyclic) bond motifs is 3. The van der Waals surface area contributed by atoms with Gasteiger partial charge in [0.2, 0.25) is 0 Å². The molecule has 32 heavy (non-hydrogen) atoms. The predicted octanol–water partition coefficient (Wildman–Crippen LogP) is 5.90. The molecule has 0 atom stereocenters. The highest BCUT2D eigenvalue weighted by atomic mass is 32.2. The molecule has 2 aliphatic rings. The first-order valence-corrected chi connectivity index (χ1v) is 13.4. The van der Waals surface area contributed by atoms with Gasteiger partial charge in [-0.1, -0.05) is 11.2 Å². The Labute approximate surface area is 188 Å². The lowest BCUT2D eigenvalue weighted by molar-refractivity contribution is 0.393. The van der Waals surface area contributed by atoms with Crippen LogP contribution in [0, 0.1) is 25.7 Å². The number of aromatic amines is 1. The molecule has 2 aromatic carbocycles. The van der Waals surface area contributed by atoms with Gasteiger partial charge in [0, 0.05) is 28.1 Å². The van der Waals surface area contributed by atoms with Crippen LogP contribution >= 0.6 is 0 Å². The van der Waals surface area contributed by atoms with Gasteiger partial charge in [0.1, 0.15) is 5.76 Å². The van der Waals surface area contributed by atoms with Crippen LogP contribution in [0.2, 0.25) is 0 Å². The maximum absolute atomic E-state index is 12.7.